The lowest BCUT2D eigenvalue weighted by Crippen LogP contribution is -2.50. The van der Waals surface area contributed by atoms with Crippen molar-refractivity contribution in [1.82, 2.24) is 15.1 Å². The van der Waals surface area contributed by atoms with Gasteiger partial charge in [0.05, 0.1) is 6.04 Å². The Hall–Kier alpha value is -2.61. The molecule has 6 nitrogen and oxygen atoms in total. The lowest BCUT2D eigenvalue weighted by atomic mass is 10.0. The van der Waals surface area contributed by atoms with E-state index in [0.29, 0.717) is 25.4 Å². The molecule has 0 aliphatic carbocycles. The summed E-state index contributed by atoms with van der Waals surface area (Å²) >= 11 is 1.68. The third-order valence-electron chi connectivity index (χ3n) is 5.27. The molecule has 168 valence electrons. The molecule has 1 N–H and O–H groups in total. The van der Waals surface area contributed by atoms with Crippen LogP contribution in [-0.4, -0.2) is 54.5 Å². The average molecular weight is 448 g/mol. The number of hydrogen-bond acceptors (Lipinski definition) is 4. The van der Waals surface area contributed by atoms with Crippen molar-refractivity contribution in [1.29, 1.82) is 0 Å². The lowest BCUT2D eigenvalue weighted by molar-refractivity contribution is -0.135. The molecule has 2 aromatic rings. The fourth-order valence-electron chi connectivity index (χ4n) is 3.70. The molecule has 2 heterocycles. The minimum atomic E-state index is -0.320. The first-order valence-electron chi connectivity index (χ1n) is 10.8. The zero-order valence-electron chi connectivity index (χ0n) is 18.1. The minimum absolute atomic E-state index is 0.0376. The van der Waals surface area contributed by atoms with Crippen LogP contribution < -0.4 is 10.1 Å². The summed E-state index contributed by atoms with van der Waals surface area (Å²) in [7, 11) is 0. The predicted octanol–water partition coefficient (Wildman–Crippen LogP) is 4.22. The number of benzene rings is 1. The maximum atomic E-state index is 13.3. The number of nitrogens with zero attached hydrogens (tertiary/aromatic N) is 2. The monoisotopic (exact) mass is 447 g/mol. The van der Waals surface area contributed by atoms with Gasteiger partial charge < -0.3 is 19.9 Å². The molecule has 1 unspecified atom stereocenters. The minimum Gasteiger partial charge on any atom is -0.491 e. The first kappa shape index (κ1) is 23.1. The van der Waals surface area contributed by atoms with E-state index in [-0.39, 0.29) is 36.9 Å². The molecule has 1 aliphatic heterocycles. The van der Waals surface area contributed by atoms with Crippen molar-refractivity contribution in [2.45, 2.75) is 39.2 Å². The molecule has 1 aromatic carbocycles. The molecule has 8 heteroatoms. The molecule has 0 saturated heterocycles. The number of urea groups is 1. The van der Waals surface area contributed by atoms with Crippen LogP contribution in [-0.2, 0) is 11.2 Å². The van der Waals surface area contributed by atoms with E-state index in [1.54, 1.807) is 28.4 Å². The number of amides is 3. The summed E-state index contributed by atoms with van der Waals surface area (Å²) in [5.74, 6) is 0.145. The Balaban J connectivity index is 1.72. The summed E-state index contributed by atoms with van der Waals surface area (Å²) in [6.07, 6.45) is 2.41. The van der Waals surface area contributed by atoms with E-state index in [2.05, 4.69) is 5.32 Å². The van der Waals surface area contributed by atoms with E-state index >= 15 is 0 Å². The van der Waals surface area contributed by atoms with Gasteiger partial charge in [-0.1, -0.05) is 13.8 Å². The number of halogens is 1. The smallest absolute Gasteiger partial charge is 0.317 e. The molecular formula is C23H30FN3O3S. The first-order chi connectivity index (χ1) is 15.0. The van der Waals surface area contributed by atoms with Gasteiger partial charge in [-0.2, -0.15) is 0 Å². The Morgan fingerprint density at radius 1 is 1.23 bits per heavy atom. The highest BCUT2D eigenvalue weighted by atomic mass is 32.1. The Kier molecular flexibility index (Phi) is 8.28. The van der Waals surface area contributed by atoms with Gasteiger partial charge in [-0.3, -0.25) is 4.79 Å². The Labute approximate surface area is 187 Å². The largest absolute Gasteiger partial charge is 0.491 e. The summed E-state index contributed by atoms with van der Waals surface area (Å²) in [6, 6.07) is 7.47. The molecule has 31 heavy (non-hydrogen) atoms. The highest BCUT2D eigenvalue weighted by molar-refractivity contribution is 7.10. The van der Waals surface area contributed by atoms with Gasteiger partial charge in [-0.05, 0) is 60.5 Å². The van der Waals surface area contributed by atoms with Crippen molar-refractivity contribution in [2.24, 2.45) is 0 Å². The van der Waals surface area contributed by atoms with Crippen LogP contribution >= 0.6 is 11.3 Å². The number of thiophene rings is 1. The number of ether oxygens (including phenoxy) is 1. The van der Waals surface area contributed by atoms with E-state index < -0.39 is 0 Å². The molecular weight excluding hydrogens is 417 g/mol. The van der Waals surface area contributed by atoms with Crippen molar-refractivity contribution < 1.29 is 18.7 Å². The van der Waals surface area contributed by atoms with E-state index in [9.17, 15) is 14.0 Å². The second kappa shape index (κ2) is 11.1. The molecule has 0 fully saturated rings. The van der Waals surface area contributed by atoms with Crippen LogP contribution in [0.5, 0.6) is 5.75 Å². The van der Waals surface area contributed by atoms with E-state index in [4.69, 9.17) is 4.74 Å². The van der Waals surface area contributed by atoms with Gasteiger partial charge in [-0.15, -0.1) is 11.3 Å². The fraction of sp³-hybridized carbons (Fsp3) is 0.478. The summed E-state index contributed by atoms with van der Waals surface area (Å²) in [4.78, 5) is 30.4. The van der Waals surface area contributed by atoms with Crippen LogP contribution in [0.2, 0.25) is 0 Å². The van der Waals surface area contributed by atoms with Gasteiger partial charge in [0, 0.05) is 24.5 Å². The zero-order valence-corrected chi connectivity index (χ0v) is 18.9. The molecule has 0 bridgehead atoms. The standard InChI is InChI=1S/C23H30FN3O3S/c1-3-11-25-23(29)26(12-4-2)15-22(28)27-13-9-21-19(10-14-31-21)20(27)16-30-18-7-5-17(24)6-8-18/h5-8,10,14,20H,3-4,9,11-13,15-16H2,1-2H3,(H,25,29). The third kappa shape index (κ3) is 5.97. The average Bonchev–Trinajstić information content (AvgIpc) is 3.25. The molecule has 0 spiro atoms. The van der Waals surface area contributed by atoms with Gasteiger partial charge >= 0.3 is 6.03 Å². The van der Waals surface area contributed by atoms with Gasteiger partial charge in [-0.25, -0.2) is 9.18 Å². The topological polar surface area (TPSA) is 61.9 Å². The molecule has 1 atom stereocenters. The van der Waals surface area contributed by atoms with Crippen LogP contribution in [0.3, 0.4) is 0 Å². The highest BCUT2D eigenvalue weighted by Crippen LogP contribution is 2.34. The number of rotatable bonds is 9. The van der Waals surface area contributed by atoms with Gasteiger partial charge in [0.25, 0.3) is 0 Å². The summed E-state index contributed by atoms with van der Waals surface area (Å²) in [5.41, 5.74) is 1.09. The predicted molar refractivity (Wildman–Crippen MR) is 120 cm³/mol. The van der Waals surface area contributed by atoms with E-state index in [0.717, 1.165) is 24.8 Å². The number of carbonyl (C=O) groups is 2. The zero-order chi connectivity index (χ0) is 22.2. The van der Waals surface area contributed by atoms with Crippen LogP contribution in [0.4, 0.5) is 9.18 Å². The van der Waals surface area contributed by atoms with Gasteiger partial charge in [0.2, 0.25) is 5.91 Å². The van der Waals surface area contributed by atoms with Crippen molar-refractivity contribution in [2.75, 3.05) is 32.8 Å². The lowest BCUT2D eigenvalue weighted by Gasteiger charge is -2.37. The summed E-state index contributed by atoms with van der Waals surface area (Å²) in [6.45, 7) is 5.99. The molecule has 1 aliphatic rings. The van der Waals surface area contributed by atoms with Crippen LogP contribution in [0, 0.1) is 5.82 Å². The van der Waals surface area contributed by atoms with Crippen LogP contribution in [0.15, 0.2) is 35.7 Å². The number of fused-ring (bicyclic) bond motifs is 1. The number of carbonyl (C=O) groups excluding carboxylic acids is 2. The summed E-state index contributed by atoms with van der Waals surface area (Å²) in [5, 5.41) is 4.89. The van der Waals surface area contributed by atoms with Crippen molar-refractivity contribution in [3.8, 4) is 5.75 Å². The normalized spacial score (nSPS) is 15.3. The Bertz CT molecular complexity index is 871. The SMILES string of the molecule is CCCNC(=O)N(CCC)CC(=O)N1CCc2sccc2C1COc1ccc(F)cc1. The molecule has 0 radical (unpaired) electrons. The van der Waals surface area contributed by atoms with Crippen LogP contribution in [0.1, 0.15) is 43.2 Å². The van der Waals surface area contributed by atoms with Crippen molar-refractivity contribution in [3.63, 3.8) is 0 Å². The van der Waals surface area contributed by atoms with Crippen molar-refractivity contribution in [3.05, 3.63) is 52.0 Å². The second-order valence-corrected chi connectivity index (χ2v) is 8.57. The Morgan fingerprint density at radius 3 is 2.71 bits per heavy atom. The third-order valence-corrected chi connectivity index (χ3v) is 6.27. The quantitative estimate of drug-likeness (QED) is 0.626. The molecule has 1 aromatic heterocycles. The Morgan fingerprint density at radius 2 is 2.00 bits per heavy atom. The van der Waals surface area contributed by atoms with E-state index in [1.165, 1.54) is 17.0 Å². The molecule has 3 amide bonds. The fourth-order valence-corrected chi connectivity index (χ4v) is 4.63. The molecule has 0 saturated carbocycles. The van der Waals surface area contributed by atoms with Crippen molar-refractivity contribution >= 4 is 23.3 Å². The second-order valence-electron chi connectivity index (χ2n) is 7.57. The number of hydrogen-bond donors (Lipinski definition) is 1. The number of nitrogens with one attached hydrogen (secondary N) is 1. The maximum Gasteiger partial charge on any atom is 0.317 e. The highest BCUT2D eigenvalue weighted by Gasteiger charge is 2.33. The van der Waals surface area contributed by atoms with Gasteiger partial charge in [0.1, 0.15) is 24.7 Å². The summed E-state index contributed by atoms with van der Waals surface area (Å²) < 4.78 is 19.1. The maximum absolute atomic E-state index is 13.3. The van der Waals surface area contributed by atoms with Gasteiger partial charge in [0.15, 0.2) is 0 Å². The first-order valence-corrected chi connectivity index (χ1v) is 11.7. The van der Waals surface area contributed by atoms with E-state index in [1.807, 2.05) is 30.2 Å². The molecule has 3 rings (SSSR count). The van der Waals surface area contributed by atoms with Crippen LogP contribution in [0.25, 0.3) is 0 Å².